The lowest BCUT2D eigenvalue weighted by atomic mass is 9.48. The van der Waals surface area contributed by atoms with Crippen LogP contribution in [-0.2, 0) is 37.1 Å². The highest BCUT2D eigenvalue weighted by Gasteiger charge is 2.75. The summed E-state index contributed by atoms with van der Waals surface area (Å²) >= 11 is 0. The zero-order valence-corrected chi connectivity index (χ0v) is 25.2. The van der Waals surface area contributed by atoms with Gasteiger partial charge >= 0.3 is 5.97 Å². The molecule has 8 heteroatoms. The second kappa shape index (κ2) is 9.81. The first kappa shape index (κ1) is 27.4. The van der Waals surface area contributed by atoms with Gasteiger partial charge in [-0.05, 0) is 74.1 Å². The molecule has 2 bridgehead atoms. The van der Waals surface area contributed by atoms with Crippen molar-refractivity contribution in [1.82, 2.24) is 9.21 Å². The molecule has 1 saturated heterocycles. The average Bonchev–Trinajstić information content (AvgIpc) is 3.66. The minimum atomic E-state index is -3.66. The number of carbonyl (C=O) groups is 1. The van der Waals surface area contributed by atoms with Gasteiger partial charge in [0.05, 0.1) is 23.3 Å². The number of likely N-dealkylation sites (tertiary alicyclic amines) is 1. The summed E-state index contributed by atoms with van der Waals surface area (Å²) in [5.41, 5.74) is 1.91. The van der Waals surface area contributed by atoms with E-state index in [4.69, 9.17) is 9.47 Å². The molecule has 0 aromatic heterocycles. The van der Waals surface area contributed by atoms with Gasteiger partial charge in [0.15, 0.2) is 0 Å². The van der Waals surface area contributed by atoms with Crippen molar-refractivity contribution in [3.63, 3.8) is 0 Å². The number of nitrogens with zero attached hydrogens (tertiary/aromatic N) is 2. The van der Waals surface area contributed by atoms with Gasteiger partial charge in [-0.3, -0.25) is 9.69 Å². The summed E-state index contributed by atoms with van der Waals surface area (Å²) in [7, 11) is -3.66. The van der Waals surface area contributed by atoms with Crippen molar-refractivity contribution >= 4 is 16.0 Å². The van der Waals surface area contributed by atoms with Crippen molar-refractivity contribution in [2.75, 3.05) is 19.6 Å². The van der Waals surface area contributed by atoms with Crippen molar-refractivity contribution in [3.8, 4) is 5.75 Å². The molecule has 0 unspecified atom stereocenters. The summed E-state index contributed by atoms with van der Waals surface area (Å²) in [5, 5.41) is 0. The molecule has 5 atom stereocenters. The third kappa shape index (κ3) is 4.27. The van der Waals surface area contributed by atoms with Crippen LogP contribution in [0.5, 0.6) is 5.75 Å². The monoisotopic (exact) mass is 578 g/mol. The molecule has 0 amide bonds. The lowest BCUT2D eigenvalue weighted by Gasteiger charge is -2.65. The van der Waals surface area contributed by atoms with E-state index in [1.54, 1.807) is 4.31 Å². The van der Waals surface area contributed by atoms with Crippen LogP contribution in [0, 0.1) is 11.8 Å². The number of piperidine rings is 1. The van der Waals surface area contributed by atoms with Crippen molar-refractivity contribution in [2.45, 2.75) is 94.3 Å². The van der Waals surface area contributed by atoms with Crippen LogP contribution >= 0.6 is 0 Å². The van der Waals surface area contributed by atoms with Gasteiger partial charge in [-0.1, -0.05) is 56.3 Å². The Labute approximate surface area is 244 Å². The molecule has 2 aliphatic heterocycles. The zero-order chi connectivity index (χ0) is 28.6. The summed E-state index contributed by atoms with van der Waals surface area (Å²) in [6.45, 7) is 8.05. The Morgan fingerprint density at radius 1 is 1.10 bits per heavy atom. The number of carbonyl (C=O) groups excluding carboxylic acids is 1. The van der Waals surface area contributed by atoms with E-state index in [0.29, 0.717) is 19.4 Å². The number of rotatable bonds is 9. The van der Waals surface area contributed by atoms with Gasteiger partial charge < -0.3 is 9.47 Å². The van der Waals surface area contributed by atoms with Gasteiger partial charge in [0.1, 0.15) is 17.5 Å². The first-order valence-electron chi connectivity index (χ1n) is 15.4. The molecular formula is C33H42N2O5S. The normalized spacial score (nSPS) is 32.1. The maximum absolute atomic E-state index is 14.2. The number of ether oxygens (including phenoxy) is 2. The second-order valence-corrected chi connectivity index (χ2v) is 15.4. The van der Waals surface area contributed by atoms with Gasteiger partial charge in [-0.25, -0.2) is 8.42 Å². The highest BCUT2D eigenvalue weighted by molar-refractivity contribution is 7.88. The van der Waals surface area contributed by atoms with E-state index >= 15 is 0 Å². The molecule has 7 rings (SSSR count). The molecule has 41 heavy (non-hydrogen) atoms. The molecule has 1 spiro atoms. The van der Waals surface area contributed by atoms with Crippen LogP contribution in [0.4, 0.5) is 0 Å². The van der Waals surface area contributed by atoms with E-state index in [0.717, 1.165) is 43.2 Å². The molecule has 2 heterocycles. The lowest BCUT2D eigenvalue weighted by Crippen LogP contribution is -2.79. The van der Waals surface area contributed by atoms with Crippen molar-refractivity contribution < 1.29 is 22.7 Å². The SMILES string of the molecule is CC(=O)O[C@@]12CC[C@@H](N(CC(C)C)S(=O)(=O)Cc3ccccc3)[C@@H]3Oc4cccc5c4[C@@]31CCN(CC1CC1)[C@@H]2C5. The Bertz CT molecular complexity index is 1440. The quantitative estimate of drug-likeness (QED) is 0.403. The summed E-state index contributed by atoms with van der Waals surface area (Å²) in [5.74, 6) is 1.42. The van der Waals surface area contributed by atoms with Crippen molar-refractivity contribution in [2.24, 2.45) is 11.8 Å². The molecule has 3 fully saturated rings. The van der Waals surface area contributed by atoms with Crippen molar-refractivity contribution in [3.05, 3.63) is 65.2 Å². The number of benzene rings is 2. The molecular weight excluding hydrogens is 536 g/mol. The Kier molecular flexibility index (Phi) is 6.56. The Morgan fingerprint density at radius 3 is 2.59 bits per heavy atom. The molecule has 7 nitrogen and oxygen atoms in total. The predicted octanol–water partition coefficient (Wildman–Crippen LogP) is 4.68. The molecule has 0 radical (unpaired) electrons. The minimum absolute atomic E-state index is 0.0398. The first-order chi connectivity index (χ1) is 19.6. The molecule has 2 saturated carbocycles. The fraction of sp³-hybridized carbons (Fsp3) is 0.606. The zero-order valence-electron chi connectivity index (χ0n) is 24.4. The van der Waals surface area contributed by atoms with Crippen LogP contribution in [-0.4, -0.2) is 67.0 Å². The molecule has 220 valence electrons. The summed E-state index contributed by atoms with van der Waals surface area (Å²) in [6, 6.07) is 15.5. The maximum Gasteiger partial charge on any atom is 0.303 e. The Hall–Kier alpha value is -2.42. The number of hydrogen-bond acceptors (Lipinski definition) is 6. The van der Waals surface area contributed by atoms with E-state index in [1.165, 1.54) is 30.9 Å². The van der Waals surface area contributed by atoms with Crippen LogP contribution in [0.1, 0.15) is 69.6 Å². The first-order valence-corrected chi connectivity index (χ1v) is 17.0. The molecule has 0 N–H and O–H groups in total. The van der Waals surface area contributed by atoms with Gasteiger partial charge in [0.2, 0.25) is 10.0 Å². The molecule has 2 aromatic rings. The molecule has 2 aromatic carbocycles. The second-order valence-electron chi connectivity index (χ2n) is 13.5. The summed E-state index contributed by atoms with van der Waals surface area (Å²) in [6.07, 6.45) is 4.97. The van der Waals surface area contributed by atoms with Crippen LogP contribution < -0.4 is 4.74 Å². The highest BCUT2D eigenvalue weighted by Crippen LogP contribution is 2.66. The van der Waals surface area contributed by atoms with Crippen LogP contribution in [0.15, 0.2) is 48.5 Å². The largest absolute Gasteiger partial charge is 0.487 e. The van der Waals surface area contributed by atoms with Crippen molar-refractivity contribution in [1.29, 1.82) is 0 Å². The van der Waals surface area contributed by atoms with Crippen LogP contribution in [0.2, 0.25) is 0 Å². The van der Waals surface area contributed by atoms with Gasteiger partial charge in [-0.2, -0.15) is 4.31 Å². The highest BCUT2D eigenvalue weighted by atomic mass is 32.2. The van der Waals surface area contributed by atoms with E-state index in [2.05, 4.69) is 30.9 Å². The van der Waals surface area contributed by atoms with E-state index in [1.807, 2.05) is 36.4 Å². The number of esters is 1. The van der Waals surface area contributed by atoms with Gasteiger partial charge in [-0.15, -0.1) is 0 Å². The van der Waals surface area contributed by atoms with Gasteiger partial charge in [0.25, 0.3) is 0 Å². The van der Waals surface area contributed by atoms with E-state index < -0.39 is 27.1 Å². The summed E-state index contributed by atoms with van der Waals surface area (Å²) in [4.78, 5) is 15.5. The fourth-order valence-electron chi connectivity index (χ4n) is 8.84. The predicted molar refractivity (Wildman–Crippen MR) is 157 cm³/mol. The average molecular weight is 579 g/mol. The lowest BCUT2D eigenvalue weighted by molar-refractivity contribution is -0.222. The Morgan fingerprint density at radius 2 is 1.88 bits per heavy atom. The maximum atomic E-state index is 14.2. The van der Waals surface area contributed by atoms with E-state index in [-0.39, 0.29) is 29.7 Å². The topological polar surface area (TPSA) is 76.1 Å². The fourth-order valence-corrected chi connectivity index (χ4v) is 10.8. The smallest absolute Gasteiger partial charge is 0.303 e. The standard InChI is InChI=1S/C33H42N2O5S/c1-22(2)19-35(41(37,38)21-25-8-5-4-6-9-25)27-14-15-33(40-23(3)36)29-18-26-10-7-11-28-30(26)32(33,31(27)39-28)16-17-34(29)20-24-12-13-24/h4-11,22,24,27,29,31H,12-21H2,1-3H3/t27-,29-,31+,32+,33-/m1/s1. The summed E-state index contributed by atoms with van der Waals surface area (Å²) < 4.78 is 43.8. The third-order valence-electron chi connectivity index (χ3n) is 10.4. The minimum Gasteiger partial charge on any atom is -0.487 e. The molecule has 3 aliphatic carbocycles. The Balaban J connectivity index is 1.35. The third-order valence-corrected chi connectivity index (χ3v) is 12.2. The van der Waals surface area contributed by atoms with Crippen LogP contribution in [0.3, 0.4) is 0 Å². The van der Waals surface area contributed by atoms with E-state index in [9.17, 15) is 13.2 Å². The van der Waals surface area contributed by atoms with Crippen LogP contribution in [0.25, 0.3) is 0 Å². The number of hydrogen-bond donors (Lipinski definition) is 0. The van der Waals surface area contributed by atoms with Gasteiger partial charge in [0, 0.05) is 25.6 Å². The molecule has 5 aliphatic rings. The number of sulfonamides is 1.